The van der Waals surface area contributed by atoms with Gasteiger partial charge >= 0.3 is 0 Å². The fraction of sp³-hybridized carbons (Fsp3) is 0.389. The molecule has 2 aromatic rings. The number of halogens is 1. The molecule has 1 aromatic carbocycles. The Bertz CT molecular complexity index is 511. The molecule has 0 aliphatic heterocycles. The second-order valence-corrected chi connectivity index (χ2v) is 6.22. The van der Waals surface area contributed by atoms with E-state index in [1.807, 2.05) is 6.20 Å². The van der Waals surface area contributed by atoms with Crippen molar-refractivity contribution in [1.29, 1.82) is 0 Å². The highest BCUT2D eigenvalue weighted by atomic mass is 79.9. The number of aromatic nitrogens is 1. The highest BCUT2D eigenvalue weighted by Gasteiger charge is 2.09. The maximum atomic E-state index is 4.48. The summed E-state index contributed by atoms with van der Waals surface area (Å²) in [6, 6.07) is 15.4. The summed E-state index contributed by atoms with van der Waals surface area (Å²) in [6.07, 6.45) is 6.41. The van der Waals surface area contributed by atoms with Crippen LogP contribution < -0.4 is 5.32 Å². The summed E-state index contributed by atoms with van der Waals surface area (Å²) < 4.78 is 1.04. The third-order valence-corrected chi connectivity index (χ3v) is 4.07. The van der Waals surface area contributed by atoms with Crippen LogP contribution >= 0.6 is 15.9 Å². The van der Waals surface area contributed by atoms with Crippen LogP contribution in [0.3, 0.4) is 0 Å². The quantitative estimate of drug-likeness (QED) is 0.766. The molecule has 1 atom stereocenters. The third-order valence-electron chi connectivity index (χ3n) is 3.60. The first-order chi connectivity index (χ1) is 10.3. The molecule has 0 radical (unpaired) electrons. The van der Waals surface area contributed by atoms with Crippen molar-refractivity contribution < 1.29 is 0 Å². The normalized spacial score (nSPS) is 12.3. The maximum Gasteiger partial charge on any atom is 0.0419 e. The van der Waals surface area contributed by atoms with Crippen LogP contribution in [0, 0.1) is 0 Å². The molecule has 0 saturated carbocycles. The SMILES string of the molecule is CCNC(CCCc1ccccc1)Cc1ccc(Br)cn1. The Morgan fingerprint density at radius 3 is 2.62 bits per heavy atom. The van der Waals surface area contributed by atoms with Gasteiger partial charge in [-0.15, -0.1) is 0 Å². The van der Waals surface area contributed by atoms with E-state index in [4.69, 9.17) is 0 Å². The van der Waals surface area contributed by atoms with Gasteiger partial charge in [0.1, 0.15) is 0 Å². The maximum absolute atomic E-state index is 4.48. The number of likely N-dealkylation sites (N-methyl/N-ethyl adjacent to an activating group) is 1. The van der Waals surface area contributed by atoms with Crippen molar-refractivity contribution in [2.24, 2.45) is 0 Å². The Morgan fingerprint density at radius 2 is 1.95 bits per heavy atom. The van der Waals surface area contributed by atoms with E-state index in [9.17, 15) is 0 Å². The van der Waals surface area contributed by atoms with E-state index in [-0.39, 0.29) is 0 Å². The average molecular weight is 347 g/mol. The van der Waals surface area contributed by atoms with Crippen LogP contribution in [0.5, 0.6) is 0 Å². The van der Waals surface area contributed by atoms with Gasteiger partial charge in [-0.05, 0) is 59.4 Å². The Kier molecular flexibility index (Phi) is 6.90. The number of pyridine rings is 1. The van der Waals surface area contributed by atoms with E-state index in [0.29, 0.717) is 6.04 Å². The number of rotatable bonds is 8. The lowest BCUT2D eigenvalue weighted by Gasteiger charge is -2.17. The molecule has 1 heterocycles. The fourth-order valence-electron chi connectivity index (χ4n) is 2.54. The van der Waals surface area contributed by atoms with E-state index < -0.39 is 0 Å². The molecule has 112 valence electrons. The first kappa shape index (κ1) is 16.2. The number of nitrogens with zero attached hydrogens (tertiary/aromatic N) is 1. The standard InChI is InChI=1S/C18H23BrN2/c1-2-20-17(13-18-12-11-16(19)14-21-18)10-6-9-15-7-4-3-5-8-15/h3-5,7-8,11-12,14,17,20H,2,6,9-10,13H2,1H3. The van der Waals surface area contributed by atoms with E-state index in [0.717, 1.165) is 29.6 Å². The summed E-state index contributed by atoms with van der Waals surface area (Å²) in [6.45, 7) is 3.17. The van der Waals surface area contributed by atoms with Crippen LogP contribution in [0.2, 0.25) is 0 Å². The summed E-state index contributed by atoms with van der Waals surface area (Å²) in [5.41, 5.74) is 2.58. The molecule has 0 aliphatic carbocycles. The lowest BCUT2D eigenvalue weighted by molar-refractivity contribution is 0.472. The van der Waals surface area contributed by atoms with E-state index in [2.05, 4.69) is 75.6 Å². The largest absolute Gasteiger partial charge is 0.314 e. The van der Waals surface area contributed by atoms with Crippen molar-refractivity contribution >= 4 is 15.9 Å². The Labute approximate surface area is 136 Å². The van der Waals surface area contributed by atoms with Gasteiger partial charge in [0.2, 0.25) is 0 Å². The molecule has 0 bridgehead atoms. The van der Waals surface area contributed by atoms with Crippen molar-refractivity contribution in [3.05, 3.63) is 64.4 Å². The lowest BCUT2D eigenvalue weighted by Crippen LogP contribution is -2.31. The van der Waals surface area contributed by atoms with Crippen LogP contribution in [0.15, 0.2) is 53.1 Å². The third kappa shape index (κ3) is 5.98. The molecule has 0 aliphatic rings. The monoisotopic (exact) mass is 346 g/mol. The van der Waals surface area contributed by atoms with Crippen LogP contribution in [0.1, 0.15) is 31.0 Å². The molecule has 2 rings (SSSR count). The Morgan fingerprint density at radius 1 is 1.14 bits per heavy atom. The summed E-state index contributed by atoms with van der Waals surface area (Å²) >= 11 is 3.43. The van der Waals surface area contributed by atoms with Gasteiger partial charge in [0.25, 0.3) is 0 Å². The number of aryl methyl sites for hydroxylation is 1. The number of nitrogens with one attached hydrogen (secondary N) is 1. The van der Waals surface area contributed by atoms with Gasteiger partial charge in [-0.25, -0.2) is 0 Å². The summed E-state index contributed by atoms with van der Waals surface area (Å²) in [4.78, 5) is 4.48. The summed E-state index contributed by atoms with van der Waals surface area (Å²) in [5, 5.41) is 3.58. The molecule has 0 saturated heterocycles. The number of benzene rings is 1. The van der Waals surface area contributed by atoms with Gasteiger partial charge < -0.3 is 5.32 Å². The van der Waals surface area contributed by atoms with Crippen molar-refractivity contribution in [1.82, 2.24) is 10.3 Å². The Balaban J connectivity index is 1.82. The number of hydrogen-bond donors (Lipinski definition) is 1. The van der Waals surface area contributed by atoms with E-state index in [1.165, 1.54) is 18.4 Å². The van der Waals surface area contributed by atoms with E-state index in [1.54, 1.807) is 0 Å². The van der Waals surface area contributed by atoms with Crippen molar-refractivity contribution in [2.75, 3.05) is 6.54 Å². The average Bonchev–Trinajstić information content (AvgIpc) is 2.51. The first-order valence-electron chi connectivity index (χ1n) is 7.65. The second-order valence-electron chi connectivity index (χ2n) is 5.30. The zero-order valence-electron chi connectivity index (χ0n) is 12.6. The van der Waals surface area contributed by atoms with Gasteiger partial charge in [-0.3, -0.25) is 4.98 Å². The minimum atomic E-state index is 0.507. The predicted molar refractivity (Wildman–Crippen MR) is 92.5 cm³/mol. The lowest BCUT2D eigenvalue weighted by atomic mass is 10.0. The van der Waals surface area contributed by atoms with Gasteiger partial charge in [0.05, 0.1) is 0 Å². The van der Waals surface area contributed by atoms with Crippen LogP contribution in [0.25, 0.3) is 0 Å². The fourth-order valence-corrected chi connectivity index (χ4v) is 2.78. The van der Waals surface area contributed by atoms with Crippen LogP contribution in [0.4, 0.5) is 0 Å². The molecule has 1 N–H and O–H groups in total. The molecule has 2 nitrogen and oxygen atoms in total. The summed E-state index contributed by atoms with van der Waals surface area (Å²) in [5.74, 6) is 0. The molecule has 3 heteroatoms. The molecule has 0 fully saturated rings. The van der Waals surface area contributed by atoms with Crippen LogP contribution in [-0.2, 0) is 12.8 Å². The van der Waals surface area contributed by atoms with Gasteiger partial charge in [0.15, 0.2) is 0 Å². The smallest absolute Gasteiger partial charge is 0.0419 e. The minimum absolute atomic E-state index is 0.507. The number of hydrogen-bond acceptors (Lipinski definition) is 2. The summed E-state index contributed by atoms with van der Waals surface area (Å²) in [7, 11) is 0. The Hall–Kier alpha value is -1.19. The highest BCUT2D eigenvalue weighted by Crippen LogP contribution is 2.12. The topological polar surface area (TPSA) is 24.9 Å². The predicted octanol–water partition coefficient (Wildman–Crippen LogP) is 4.39. The second kappa shape index (κ2) is 8.96. The molecule has 21 heavy (non-hydrogen) atoms. The van der Waals surface area contributed by atoms with Crippen LogP contribution in [-0.4, -0.2) is 17.6 Å². The zero-order valence-corrected chi connectivity index (χ0v) is 14.1. The molecule has 0 amide bonds. The van der Waals surface area contributed by atoms with Gasteiger partial charge in [-0.1, -0.05) is 37.3 Å². The van der Waals surface area contributed by atoms with Crippen molar-refractivity contribution in [2.45, 2.75) is 38.6 Å². The minimum Gasteiger partial charge on any atom is -0.314 e. The molecule has 0 spiro atoms. The zero-order chi connectivity index (χ0) is 14.9. The van der Waals surface area contributed by atoms with Crippen molar-refractivity contribution in [3.8, 4) is 0 Å². The van der Waals surface area contributed by atoms with Crippen molar-refractivity contribution in [3.63, 3.8) is 0 Å². The molecular weight excluding hydrogens is 324 g/mol. The molecular formula is C18H23BrN2. The highest BCUT2D eigenvalue weighted by molar-refractivity contribution is 9.10. The molecule has 1 unspecified atom stereocenters. The first-order valence-corrected chi connectivity index (χ1v) is 8.45. The molecule has 1 aromatic heterocycles. The van der Waals surface area contributed by atoms with Gasteiger partial charge in [0, 0.05) is 28.8 Å². The van der Waals surface area contributed by atoms with E-state index >= 15 is 0 Å². The van der Waals surface area contributed by atoms with Gasteiger partial charge in [-0.2, -0.15) is 0 Å².